The Bertz CT molecular complexity index is 696. The Morgan fingerprint density at radius 1 is 1.03 bits per heavy atom. The topological polar surface area (TPSA) is 66.5 Å². The molecule has 0 bridgehead atoms. The van der Waals surface area contributed by atoms with E-state index in [9.17, 15) is 4.79 Å². The van der Waals surface area contributed by atoms with Gasteiger partial charge < -0.3 is 29.3 Å². The van der Waals surface area contributed by atoms with Gasteiger partial charge in [0.15, 0.2) is 0 Å². The summed E-state index contributed by atoms with van der Waals surface area (Å²) in [7, 11) is 2.20. The Balaban J connectivity index is 1.18. The highest BCUT2D eigenvalue weighted by Crippen LogP contribution is 2.23. The maximum absolute atomic E-state index is 12.5. The zero-order valence-corrected chi connectivity index (χ0v) is 19.3. The van der Waals surface area contributed by atoms with Gasteiger partial charge in [-0.1, -0.05) is 0 Å². The molecule has 178 valence electrons. The Labute approximate surface area is 191 Å². The molecule has 1 aromatic rings. The van der Waals surface area contributed by atoms with E-state index in [1.165, 1.54) is 5.69 Å². The number of morpholine rings is 1. The van der Waals surface area contributed by atoms with Crippen LogP contribution in [-0.2, 0) is 14.2 Å². The number of hydrogen-bond acceptors (Lipinski definition) is 7. The Morgan fingerprint density at radius 3 is 2.47 bits per heavy atom. The SMILES string of the molecule is CN(C[C@@H]1COCCO1)C1CCN(c2ccc(C(=O)NCCN3CCOCC3)cc2)CC1. The van der Waals surface area contributed by atoms with Gasteiger partial charge in [-0.2, -0.15) is 0 Å². The summed E-state index contributed by atoms with van der Waals surface area (Å²) in [5.74, 6) is -0.000876. The number of hydrogen-bond donors (Lipinski definition) is 1. The summed E-state index contributed by atoms with van der Waals surface area (Å²) in [4.78, 5) is 19.6. The molecule has 0 aromatic heterocycles. The minimum atomic E-state index is -0.000876. The first-order chi connectivity index (χ1) is 15.7. The fourth-order valence-electron chi connectivity index (χ4n) is 4.76. The summed E-state index contributed by atoms with van der Waals surface area (Å²) in [6.07, 6.45) is 2.46. The van der Waals surface area contributed by atoms with Gasteiger partial charge in [-0.05, 0) is 44.2 Å². The van der Waals surface area contributed by atoms with Crippen LogP contribution in [0.2, 0.25) is 0 Å². The highest BCUT2D eigenvalue weighted by molar-refractivity contribution is 5.94. The lowest BCUT2D eigenvalue weighted by Crippen LogP contribution is -2.47. The number of nitrogens with zero attached hydrogens (tertiary/aromatic N) is 3. The number of amides is 1. The van der Waals surface area contributed by atoms with Crippen molar-refractivity contribution in [1.29, 1.82) is 0 Å². The summed E-state index contributed by atoms with van der Waals surface area (Å²) in [6.45, 7) is 10.1. The van der Waals surface area contributed by atoms with E-state index in [1.54, 1.807) is 0 Å². The lowest BCUT2D eigenvalue weighted by molar-refractivity contribution is -0.0989. The minimum Gasteiger partial charge on any atom is -0.379 e. The molecule has 8 nitrogen and oxygen atoms in total. The quantitative estimate of drug-likeness (QED) is 0.641. The molecule has 4 rings (SSSR count). The van der Waals surface area contributed by atoms with E-state index in [1.807, 2.05) is 12.1 Å². The molecule has 3 saturated heterocycles. The van der Waals surface area contributed by atoms with Crippen molar-refractivity contribution in [2.24, 2.45) is 0 Å². The van der Waals surface area contributed by atoms with Crippen molar-refractivity contribution in [2.75, 3.05) is 90.8 Å². The molecular weight excluding hydrogens is 408 g/mol. The fraction of sp³-hybridized carbons (Fsp3) is 0.708. The molecule has 3 aliphatic heterocycles. The summed E-state index contributed by atoms with van der Waals surface area (Å²) in [5.41, 5.74) is 1.92. The number of rotatable bonds is 8. The zero-order chi connectivity index (χ0) is 22.2. The molecule has 1 N–H and O–H groups in total. The van der Waals surface area contributed by atoms with Crippen LogP contribution in [0.4, 0.5) is 5.69 Å². The van der Waals surface area contributed by atoms with Crippen molar-refractivity contribution in [3.63, 3.8) is 0 Å². The number of carbonyl (C=O) groups excluding carboxylic acids is 1. The van der Waals surface area contributed by atoms with Gasteiger partial charge in [-0.25, -0.2) is 0 Å². The van der Waals surface area contributed by atoms with E-state index in [-0.39, 0.29) is 12.0 Å². The zero-order valence-electron chi connectivity index (χ0n) is 19.3. The fourth-order valence-corrected chi connectivity index (χ4v) is 4.76. The van der Waals surface area contributed by atoms with Crippen molar-refractivity contribution in [3.8, 4) is 0 Å². The molecule has 1 amide bonds. The van der Waals surface area contributed by atoms with E-state index >= 15 is 0 Å². The monoisotopic (exact) mass is 446 g/mol. The van der Waals surface area contributed by atoms with Gasteiger partial charge in [0, 0.05) is 63.1 Å². The van der Waals surface area contributed by atoms with E-state index < -0.39 is 0 Å². The molecule has 0 spiro atoms. The van der Waals surface area contributed by atoms with Crippen LogP contribution in [0, 0.1) is 0 Å². The first-order valence-electron chi connectivity index (χ1n) is 12.0. The third-order valence-electron chi connectivity index (χ3n) is 6.78. The number of likely N-dealkylation sites (N-methyl/N-ethyl adjacent to an activating group) is 1. The lowest BCUT2D eigenvalue weighted by atomic mass is 10.0. The molecule has 3 fully saturated rings. The van der Waals surface area contributed by atoms with E-state index in [4.69, 9.17) is 14.2 Å². The minimum absolute atomic E-state index is 0.000876. The Morgan fingerprint density at radius 2 is 1.78 bits per heavy atom. The number of carbonyl (C=O) groups is 1. The smallest absolute Gasteiger partial charge is 0.251 e. The normalized spacial score (nSPS) is 23.4. The molecule has 0 aliphatic carbocycles. The van der Waals surface area contributed by atoms with Crippen molar-refractivity contribution >= 4 is 11.6 Å². The standard InChI is InChI=1S/C24H38N4O4/c1-26(18-23-19-31-16-17-32-23)21-6-9-28(10-7-21)22-4-2-20(3-5-22)24(29)25-8-11-27-12-14-30-15-13-27/h2-5,21,23H,6-19H2,1H3,(H,25,29)/t23-/m1/s1. The van der Waals surface area contributed by atoms with Crippen LogP contribution in [-0.4, -0.2) is 114 Å². The summed E-state index contributed by atoms with van der Waals surface area (Å²) < 4.78 is 16.7. The molecule has 3 aliphatic rings. The largest absolute Gasteiger partial charge is 0.379 e. The first kappa shape index (κ1) is 23.4. The van der Waals surface area contributed by atoms with Crippen molar-refractivity contribution < 1.29 is 19.0 Å². The van der Waals surface area contributed by atoms with E-state index in [2.05, 4.69) is 39.2 Å². The van der Waals surface area contributed by atoms with Gasteiger partial charge in [-0.3, -0.25) is 9.69 Å². The van der Waals surface area contributed by atoms with Gasteiger partial charge in [0.1, 0.15) is 0 Å². The lowest BCUT2D eigenvalue weighted by Gasteiger charge is -2.39. The molecule has 0 saturated carbocycles. The molecule has 3 heterocycles. The number of piperidine rings is 1. The number of ether oxygens (including phenoxy) is 3. The molecule has 8 heteroatoms. The van der Waals surface area contributed by atoms with Gasteiger partial charge in [0.25, 0.3) is 5.91 Å². The highest BCUT2D eigenvalue weighted by Gasteiger charge is 2.25. The number of anilines is 1. The third-order valence-corrected chi connectivity index (χ3v) is 6.78. The molecule has 1 atom stereocenters. The molecule has 0 radical (unpaired) electrons. The number of nitrogens with one attached hydrogen (secondary N) is 1. The Kier molecular flexibility index (Phi) is 8.76. The van der Waals surface area contributed by atoms with Crippen molar-refractivity contribution in [3.05, 3.63) is 29.8 Å². The summed E-state index contributed by atoms with van der Waals surface area (Å²) in [6, 6.07) is 8.62. The van der Waals surface area contributed by atoms with Crippen molar-refractivity contribution in [2.45, 2.75) is 25.0 Å². The van der Waals surface area contributed by atoms with Crippen LogP contribution >= 0.6 is 0 Å². The maximum Gasteiger partial charge on any atom is 0.251 e. The van der Waals surface area contributed by atoms with Crippen molar-refractivity contribution in [1.82, 2.24) is 15.1 Å². The molecular formula is C24H38N4O4. The Hall–Kier alpha value is -1.71. The van der Waals surface area contributed by atoms with Crippen LogP contribution in [0.3, 0.4) is 0 Å². The predicted molar refractivity (Wildman–Crippen MR) is 124 cm³/mol. The van der Waals surface area contributed by atoms with Gasteiger partial charge in [0.05, 0.1) is 39.1 Å². The second kappa shape index (κ2) is 12.0. The van der Waals surface area contributed by atoms with E-state index in [0.717, 1.165) is 70.9 Å². The van der Waals surface area contributed by atoms with Crippen LogP contribution in [0.1, 0.15) is 23.2 Å². The average Bonchev–Trinajstić information content (AvgIpc) is 2.85. The molecule has 1 aromatic carbocycles. The van der Waals surface area contributed by atoms with Crippen LogP contribution in [0.15, 0.2) is 24.3 Å². The highest BCUT2D eigenvalue weighted by atomic mass is 16.6. The van der Waals surface area contributed by atoms with Crippen LogP contribution in [0.5, 0.6) is 0 Å². The van der Waals surface area contributed by atoms with Gasteiger partial charge in [0.2, 0.25) is 0 Å². The third kappa shape index (κ3) is 6.65. The van der Waals surface area contributed by atoms with Gasteiger partial charge in [-0.15, -0.1) is 0 Å². The average molecular weight is 447 g/mol. The number of benzene rings is 1. The summed E-state index contributed by atoms with van der Waals surface area (Å²) in [5, 5.41) is 3.04. The first-order valence-corrected chi connectivity index (χ1v) is 12.0. The second-order valence-corrected chi connectivity index (χ2v) is 8.98. The van der Waals surface area contributed by atoms with Crippen LogP contribution < -0.4 is 10.2 Å². The summed E-state index contributed by atoms with van der Waals surface area (Å²) >= 11 is 0. The maximum atomic E-state index is 12.5. The van der Waals surface area contributed by atoms with Gasteiger partial charge >= 0.3 is 0 Å². The molecule has 32 heavy (non-hydrogen) atoms. The second-order valence-electron chi connectivity index (χ2n) is 8.98. The molecule has 0 unspecified atom stereocenters. The van der Waals surface area contributed by atoms with Crippen LogP contribution in [0.25, 0.3) is 0 Å². The predicted octanol–water partition coefficient (Wildman–Crippen LogP) is 1.06. The van der Waals surface area contributed by atoms with E-state index in [0.29, 0.717) is 32.4 Å².